The zero-order valence-electron chi connectivity index (χ0n) is 10.2. The first kappa shape index (κ1) is 15.6. The molecule has 2 rings (SSSR count). The Labute approximate surface area is 139 Å². The Morgan fingerprint density at radius 1 is 1.25 bits per heavy atom. The maximum Gasteiger partial charge on any atom is 0.256 e. The predicted molar refractivity (Wildman–Crippen MR) is 86.1 cm³/mol. The van der Waals surface area contributed by atoms with Gasteiger partial charge in [0.2, 0.25) is 0 Å². The summed E-state index contributed by atoms with van der Waals surface area (Å²) in [5.41, 5.74) is 1.61. The summed E-state index contributed by atoms with van der Waals surface area (Å²) < 4.78 is 0.596. The number of rotatable bonds is 2. The Morgan fingerprint density at radius 3 is 2.55 bits per heavy atom. The summed E-state index contributed by atoms with van der Waals surface area (Å²) in [6.45, 7) is 1.78. The van der Waals surface area contributed by atoms with E-state index in [4.69, 9.17) is 34.8 Å². The van der Waals surface area contributed by atoms with Crippen molar-refractivity contribution in [3.8, 4) is 0 Å². The molecule has 1 N–H and O–H groups in total. The van der Waals surface area contributed by atoms with Crippen molar-refractivity contribution in [1.82, 2.24) is 4.98 Å². The van der Waals surface area contributed by atoms with E-state index in [0.29, 0.717) is 20.7 Å². The lowest BCUT2D eigenvalue weighted by molar-refractivity contribution is 0.102. The van der Waals surface area contributed by atoms with Crippen LogP contribution in [0.2, 0.25) is 15.3 Å². The molecule has 0 atom stereocenters. The maximum atomic E-state index is 12.2. The minimum absolute atomic E-state index is 0.147. The van der Waals surface area contributed by atoms with Gasteiger partial charge in [0.1, 0.15) is 5.15 Å². The zero-order chi connectivity index (χ0) is 14.9. The third-order valence-corrected chi connectivity index (χ3v) is 3.91. The van der Waals surface area contributed by atoms with E-state index in [1.165, 1.54) is 0 Å². The van der Waals surface area contributed by atoms with Crippen molar-refractivity contribution in [3.05, 3.63) is 55.2 Å². The quantitative estimate of drug-likeness (QED) is 0.696. The maximum absolute atomic E-state index is 12.2. The molecular weight excluding hydrogens is 386 g/mol. The van der Waals surface area contributed by atoms with Crippen molar-refractivity contribution in [2.45, 2.75) is 6.92 Å². The lowest BCUT2D eigenvalue weighted by Gasteiger charge is -2.11. The van der Waals surface area contributed by atoms with E-state index in [9.17, 15) is 4.79 Å². The van der Waals surface area contributed by atoms with Gasteiger partial charge in [0.05, 0.1) is 11.3 Å². The van der Waals surface area contributed by atoms with Gasteiger partial charge in [-0.05, 0) is 52.7 Å². The minimum Gasteiger partial charge on any atom is -0.319 e. The molecule has 0 aliphatic heterocycles. The van der Waals surface area contributed by atoms with Crippen molar-refractivity contribution in [1.29, 1.82) is 0 Å². The van der Waals surface area contributed by atoms with E-state index in [-0.39, 0.29) is 16.2 Å². The Bertz CT molecular complexity index is 668. The van der Waals surface area contributed by atoms with Gasteiger partial charge in [-0.3, -0.25) is 4.79 Å². The molecule has 7 heteroatoms. The molecule has 0 radical (unpaired) electrons. The molecule has 0 bridgehead atoms. The standard InChI is InChI=1S/C13H8BrCl3N2O/c1-6-4-10(16)18-12(17)11(6)19-13(20)8-3-2-7(15)5-9(8)14/h2-5H,1H3,(H,19,20). The summed E-state index contributed by atoms with van der Waals surface area (Å²) in [7, 11) is 0. The fraction of sp³-hybridized carbons (Fsp3) is 0.0769. The molecule has 0 aliphatic rings. The summed E-state index contributed by atoms with van der Waals surface area (Å²) in [5, 5.41) is 3.68. The minimum atomic E-state index is -0.317. The lowest BCUT2D eigenvalue weighted by Crippen LogP contribution is -2.14. The third kappa shape index (κ3) is 3.44. The first-order chi connectivity index (χ1) is 9.38. The Morgan fingerprint density at radius 2 is 1.95 bits per heavy atom. The normalized spacial score (nSPS) is 10.4. The van der Waals surface area contributed by atoms with Crippen LogP contribution in [0, 0.1) is 6.92 Å². The number of pyridine rings is 1. The molecule has 1 aromatic heterocycles. The fourth-order valence-electron chi connectivity index (χ4n) is 1.60. The monoisotopic (exact) mass is 392 g/mol. The van der Waals surface area contributed by atoms with Crippen LogP contribution in [0.4, 0.5) is 5.69 Å². The average Bonchev–Trinajstić information content (AvgIpc) is 2.33. The van der Waals surface area contributed by atoms with Crippen LogP contribution in [-0.4, -0.2) is 10.9 Å². The molecule has 0 spiro atoms. The number of nitrogens with zero attached hydrogens (tertiary/aromatic N) is 1. The number of carbonyl (C=O) groups is 1. The topological polar surface area (TPSA) is 42.0 Å². The van der Waals surface area contributed by atoms with E-state index in [1.54, 1.807) is 31.2 Å². The molecule has 104 valence electrons. The molecule has 0 unspecified atom stereocenters. The van der Waals surface area contributed by atoms with Gasteiger partial charge < -0.3 is 5.32 Å². The summed E-state index contributed by atoms with van der Waals surface area (Å²) in [5.74, 6) is -0.317. The van der Waals surface area contributed by atoms with Gasteiger partial charge in [0.25, 0.3) is 5.91 Å². The second-order valence-corrected chi connectivity index (χ2v) is 6.04. The number of halogens is 4. The van der Waals surface area contributed by atoms with Gasteiger partial charge in [-0.15, -0.1) is 0 Å². The average molecular weight is 394 g/mol. The largest absolute Gasteiger partial charge is 0.319 e. The first-order valence-electron chi connectivity index (χ1n) is 5.47. The Kier molecular flexibility index (Phi) is 4.91. The fourth-order valence-corrected chi connectivity index (χ4v) is 3.04. The summed E-state index contributed by atoms with van der Waals surface area (Å²) in [4.78, 5) is 16.1. The summed E-state index contributed by atoms with van der Waals surface area (Å²) in [6.07, 6.45) is 0. The van der Waals surface area contributed by atoms with Gasteiger partial charge >= 0.3 is 0 Å². The van der Waals surface area contributed by atoms with E-state index in [2.05, 4.69) is 26.2 Å². The molecule has 20 heavy (non-hydrogen) atoms. The molecule has 2 aromatic rings. The van der Waals surface area contributed by atoms with Crippen molar-refractivity contribution in [3.63, 3.8) is 0 Å². The van der Waals surface area contributed by atoms with E-state index in [0.717, 1.165) is 5.56 Å². The van der Waals surface area contributed by atoms with Gasteiger partial charge in [-0.2, -0.15) is 0 Å². The number of hydrogen-bond acceptors (Lipinski definition) is 2. The number of anilines is 1. The molecular formula is C13H8BrCl3N2O. The molecule has 0 aliphatic carbocycles. The zero-order valence-corrected chi connectivity index (χ0v) is 14.0. The number of nitrogens with one attached hydrogen (secondary N) is 1. The molecule has 0 fully saturated rings. The summed E-state index contributed by atoms with van der Waals surface area (Å²) >= 11 is 20.9. The van der Waals surface area contributed by atoms with E-state index >= 15 is 0 Å². The van der Waals surface area contributed by atoms with Crippen LogP contribution in [0.15, 0.2) is 28.7 Å². The number of amides is 1. The highest BCUT2D eigenvalue weighted by Gasteiger charge is 2.15. The van der Waals surface area contributed by atoms with Crippen LogP contribution in [0.25, 0.3) is 0 Å². The highest BCUT2D eigenvalue weighted by molar-refractivity contribution is 9.10. The summed E-state index contributed by atoms with van der Waals surface area (Å²) in [6, 6.07) is 6.52. The third-order valence-electron chi connectivity index (χ3n) is 2.56. The lowest BCUT2D eigenvalue weighted by atomic mass is 10.2. The number of aryl methyl sites for hydroxylation is 1. The van der Waals surface area contributed by atoms with Crippen LogP contribution >= 0.6 is 50.7 Å². The van der Waals surface area contributed by atoms with Crippen molar-refractivity contribution < 1.29 is 4.79 Å². The molecule has 1 aromatic carbocycles. The Hall–Kier alpha value is -0.810. The van der Waals surface area contributed by atoms with Crippen molar-refractivity contribution in [2.24, 2.45) is 0 Å². The van der Waals surface area contributed by atoms with Crippen LogP contribution in [0.5, 0.6) is 0 Å². The molecule has 3 nitrogen and oxygen atoms in total. The number of hydrogen-bond donors (Lipinski definition) is 1. The Balaban J connectivity index is 2.33. The number of carbonyl (C=O) groups excluding carboxylic acids is 1. The van der Waals surface area contributed by atoms with Crippen molar-refractivity contribution >= 4 is 62.3 Å². The second kappa shape index (κ2) is 6.31. The van der Waals surface area contributed by atoms with Crippen molar-refractivity contribution in [2.75, 3.05) is 5.32 Å². The first-order valence-corrected chi connectivity index (χ1v) is 7.40. The highest BCUT2D eigenvalue weighted by atomic mass is 79.9. The molecule has 0 saturated heterocycles. The second-order valence-electron chi connectivity index (χ2n) is 4.01. The smallest absolute Gasteiger partial charge is 0.256 e. The van der Waals surface area contributed by atoms with Crippen LogP contribution in [0.3, 0.4) is 0 Å². The number of benzene rings is 1. The van der Waals surface area contributed by atoms with Gasteiger partial charge in [0.15, 0.2) is 5.15 Å². The van der Waals surface area contributed by atoms with Gasteiger partial charge in [-0.1, -0.05) is 34.8 Å². The molecule has 1 amide bonds. The van der Waals surface area contributed by atoms with Crippen LogP contribution in [0.1, 0.15) is 15.9 Å². The van der Waals surface area contributed by atoms with E-state index < -0.39 is 0 Å². The SMILES string of the molecule is Cc1cc(Cl)nc(Cl)c1NC(=O)c1ccc(Cl)cc1Br. The van der Waals surface area contributed by atoms with Gasteiger partial charge in [0, 0.05) is 9.50 Å². The molecule has 0 saturated carbocycles. The van der Waals surface area contributed by atoms with Crippen LogP contribution in [-0.2, 0) is 0 Å². The predicted octanol–water partition coefficient (Wildman–Crippen LogP) is 5.37. The number of aromatic nitrogens is 1. The van der Waals surface area contributed by atoms with Gasteiger partial charge in [-0.25, -0.2) is 4.98 Å². The van der Waals surface area contributed by atoms with Crippen LogP contribution < -0.4 is 5.32 Å². The van der Waals surface area contributed by atoms with E-state index in [1.807, 2.05) is 0 Å². The highest BCUT2D eigenvalue weighted by Crippen LogP contribution is 2.28. The molecule has 1 heterocycles.